The van der Waals surface area contributed by atoms with Crippen molar-refractivity contribution in [2.45, 2.75) is 69.7 Å². The van der Waals surface area contributed by atoms with E-state index in [0.29, 0.717) is 24.0 Å². The lowest BCUT2D eigenvalue weighted by molar-refractivity contribution is -0.188. The molecule has 0 N–H and O–H groups in total. The van der Waals surface area contributed by atoms with Gasteiger partial charge in [-0.2, -0.15) is 0 Å². The van der Waals surface area contributed by atoms with Crippen molar-refractivity contribution in [1.29, 1.82) is 0 Å². The normalized spacial score (nSPS) is 52.7. The molecular weight excluding hydrogens is 320 g/mol. The van der Waals surface area contributed by atoms with Gasteiger partial charge in [0, 0.05) is 24.7 Å². The Morgan fingerprint density at radius 1 is 1.20 bits per heavy atom. The molecule has 0 amide bonds. The molecule has 0 aromatic heterocycles. The van der Waals surface area contributed by atoms with Crippen LogP contribution in [0.15, 0.2) is 12.2 Å². The number of hydrogen-bond acceptors (Lipinski definition) is 5. The lowest BCUT2D eigenvalue weighted by Gasteiger charge is -2.56. The zero-order chi connectivity index (χ0) is 17.6. The van der Waals surface area contributed by atoms with E-state index in [4.69, 9.17) is 9.47 Å². The van der Waals surface area contributed by atoms with E-state index >= 15 is 0 Å². The summed E-state index contributed by atoms with van der Waals surface area (Å²) in [6.45, 7) is 3.56. The van der Waals surface area contributed by atoms with E-state index in [1.807, 2.05) is 6.08 Å². The smallest absolute Gasteiger partial charge is 0.303 e. The number of esters is 1. The van der Waals surface area contributed by atoms with Gasteiger partial charge in [-0.1, -0.05) is 6.92 Å². The van der Waals surface area contributed by atoms with Crippen molar-refractivity contribution in [2.75, 3.05) is 0 Å². The van der Waals surface area contributed by atoms with Crippen LogP contribution in [0.2, 0.25) is 0 Å². The van der Waals surface area contributed by atoms with Gasteiger partial charge in [0.15, 0.2) is 17.5 Å². The molecule has 25 heavy (non-hydrogen) atoms. The Bertz CT molecular complexity index is 726. The van der Waals surface area contributed by atoms with Crippen LogP contribution in [-0.4, -0.2) is 34.8 Å². The highest BCUT2D eigenvalue weighted by Crippen LogP contribution is 2.68. The Labute approximate surface area is 147 Å². The second-order valence-corrected chi connectivity index (χ2v) is 8.84. The molecule has 134 valence electrons. The lowest BCUT2D eigenvalue weighted by Crippen LogP contribution is -2.64. The average Bonchev–Trinajstić information content (AvgIpc) is 3.23. The topological polar surface area (TPSA) is 73.0 Å². The molecule has 1 spiro atoms. The zero-order valence-corrected chi connectivity index (χ0v) is 14.7. The number of ketones is 2. The quantitative estimate of drug-likeness (QED) is 0.539. The van der Waals surface area contributed by atoms with Crippen molar-refractivity contribution in [2.24, 2.45) is 23.2 Å². The summed E-state index contributed by atoms with van der Waals surface area (Å²) >= 11 is 0. The van der Waals surface area contributed by atoms with Gasteiger partial charge in [-0.25, -0.2) is 0 Å². The van der Waals surface area contributed by atoms with Crippen LogP contribution in [0.4, 0.5) is 0 Å². The van der Waals surface area contributed by atoms with Gasteiger partial charge < -0.3 is 9.47 Å². The van der Waals surface area contributed by atoms with Crippen LogP contribution in [0, 0.1) is 23.2 Å². The maximum atomic E-state index is 12.5. The maximum Gasteiger partial charge on any atom is 0.303 e. The number of hydrogen-bond donors (Lipinski definition) is 0. The van der Waals surface area contributed by atoms with Crippen LogP contribution in [0.25, 0.3) is 0 Å². The molecule has 0 unspecified atom stereocenters. The molecule has 5 aliphatic rings. The zero-order valence-electron chi connectivity index (χ0n) is 14.7. The molecule has 3 saturated carbocycles. The molecule has 1 heterocycles. The molecule has 0 bridgehead atoms. The fourth-order valence-corrected chi connectivity index (χ4v) is 6.83. The third-order valence-electron chi connectivity index (χ3n) is 7.97. The minimum atomic E-state index is -0.840. The molecule has 4 fully saturated rings. The Hall–Kier alpha value is -1.49. The van der Waals surface area contributed by atoms with Crippen LogP contribution < -0.4 is 0 Å². The summed E-state index contributed by atoms with van der Waals surface area (Å²) in [5.74, 6) is 0.878. The standard InChI is InChI=1S/C20H24O5/c1-11(21)24-19-10-7-15(22)17-20(19,25-17)9-5-12-13-3-4-16(23)18(13,2)8-6-14(12)19/h7,10,12-14,17H,3-6,8-9H2,1-2H3/t12-,13-,14-,17-,18-,19-,20-/m0/s1. The van der Waals surface area contributed by atoms with Crippen molar-refractivity contribution < 1.29 is 23.9 Å². The van der Waals surface area contributed by atoms with Crippen LogP contribution in [0.5, 0.6) is 0 Å². The number of carbonyl (C=O) groups is 3. The van der Waals surface area contributed by atoms with Gasteiger partial charge in [-0.05, 0) is 56.1 Å². The first-order valence-electron chi connectivity index (χ1n) is 9.48. The van der Waals surface area contributed by atoms with Gasteiger partial charge in [0.1, 0.15) is 11.4 Å². The molecule has 0 aromatic rings. The molecule has 5 nitrogen and oxygen atoms in total. The van der Waals surface area contributed by atoms with E-state index in [-0.39, 0.29) is 23.1 Å². The number of fused-ring (bicyclic) bond motifs is 4. The highest BCUT2D eigenvalue weighted by molar-refractivity contribution is 5.99. The van der Waals surface area contributed by atoms with Crippen molar-refractivity contribution in [1.82, 2.24) is 0 Å². The van der Waals surface area contributed by atoms with E-state index in [1.165, 1.54) is 6.92 Å². The average molecular weight is 344 g/mol. The van der Waals surface area contributed by atoms with Gasteiger partial charge in [0.2, 0.25) is 0 Å². The summed E-state index contributed by atoms with van der Waals surface area (Å²) in [7, 11) is 0. The summed E-state index contributed by atoms with van der Waals surface area (Å²) in [5, 5.41) is 0. The van der Waals surface area contributed by atoms with Gasteiger partial charge in [0.05, 0.1) is 0 Å². The van der Waals surface area contributed by atoms with E-state index in [9.17, 15) is 14.4 Å². The van der Waals surface area contributed by atoms with E-state index in [1.54, 1.807) is 6.08 Å². The molecule has 0 radical (unpaired) electrons. The summed E-state index contributed by atoms with van der Waals surface area (Å²) in [6.07, 6.45) is 7.86. The third-order valence-corrected chi connectivity index (χ3v) is 7.97. The van der Waals surface area contributed by atoms with Crippen molar-refractivity contribution >= 4 is 17.5 Å². The molecule has 7 atom stereocenters. The fourth-order valence-electron chi connectivity index (χ4n) is 6.83. The molecule has 5 heteroatoms. The summed E-state index contributed by atoms with van der Waals surface area (Å²) < 4.78 is 11.9. The van der Waals surface area contributed by atoms with Crippen LogP contribution in [0.3, 0.4) is 0 Å². The molecule has 5 rings (SSSR count). The molecule has 1 saturated heterocycles. The van der Waals surface area contributed by atoms with E-state index < -0.39 is 17.3 Å². The fraction of sp³-hybridized carbons (Fsp3) is 0.750. The second kappa shape index (κ2) is 4.61. The number of carbonyl (C=O) groups excluding carboxylic acids is 3. The number of Topliss-reactive ketones (excluding diaryl/α,β-unsaturated/α-hetero) is 1. The number of epoxide rings is 1. The summed E-state index contributed by atoms with van der Waals surface area (Å²) in [4.78, 5) is 36.6. The highest BCUT2D eigenvalue weighted by Gasteiger charge is 2.79. The van der Waals surface area contributed by atoms with Crippen LogP contribution in [0.1, 0.15) is 52.4 Å². The Morgan fingerprint density at radius 2 is 2.00 bits per heavy atom. The van der Waals surface area contributed by atoms with E-state index in [0.717, 1.165) is 32.1 Å². The second-order valence-electron chi connectivity index (χ2n) is 8.84. The van der Waals surface area contributed by atoms with Crippen LogP contribution in [-0.2, 0) is 23.9 Å². The van der Waals surface area contributed by atoms with E-state index in [2.05, 4.69) is 6.92 Å². The van der Waals surface area contributed by atoms with Gasteiger partial charge in [-0.3, -0.25) is 14.4 Å². The minimum Gasteiger partial charge on any atom is -0.451 e. The number of rotatable bonds is 1. The van der Waals surface area contributed by atoms with Crippen molar-refractivity contribution in [3.05, 3.63) is 12.2 Å². The Morgan fingerprint density at radius 3 is 2.76 bits per heavy atom. The van der Waals surface area contributed by atoms with Crippen molar-refractivity contribution in [3.8, 4) is 0 Å². The van der Waals surface area contributed by atoms with Crippen LogP contribution >= 0.6 is 0 Å². The summed E-state index contributed by atoms with van der Waals surface area (Å²) in [6, 6.07) is 0. The predicted molar refractivity (Wildman–Crippen MR) is 87.5 cm³/mol. The number of ether oxygens (including phenoxy) is 2. The molecule has 1 aliphatic heterocycles. The largest absolute Gasteiger partial charge is 0.451 e. The minimum absolute atomic E-state index is 0.0158. The van der Waals surface area contributed by atoms with Crippen molar-refractivity contribution in [3.63, 3.8) is 0 Å². The Balaban J connectivity index is 1.60. The maximum absolute atomic E-state index is 12.5. The summed E-state index contributed by atoms with van der Waals surface area (Å²) in [5.41, 5.74) is -1.73. The van der Waals surface area contributed by atoms with Gasteiger partial charge in [-0.15, -0.1) is 0 Å². The first-order valence-corrected chi connectivity index (χ1v) is 9.48. The lowest BCUT2D eigenvalue weighted by atomic mass is 9.49. The third kappa shape index (κ3) is 1.71. The predicted octanol–water partition coefficient (Wildman–Crippen LogP) is 2.37. The SMILES string of the molecule is CC(=O)O[C@]12C=CC(=O)[C@@H]3O[C@@]31CC[C@@H]1[C@@H]2CC[C@]2(C)C(=O)CC[C@@H]12. The highest BCUT2D eigenvalue weighted by atomic mass is 16.7. The van der Waals surface area contributed by atoms with Gasteiger partial charge in [0.25, 0.3) is 0 Å². The van der Waals surface area contributed by atoms with Gasteiger partial charge >= 0.3 is 5.97 Å². The Kier molecular flexibility index (Phi) is 2.91. The first kappa shape index (κ1) is 15.7. The molecule has 4 aliphatic carbocycles. The molecular formula is C20H24O5. The first-order chi connectivity index (χ1) is 11.8. The molecule has 0 aromatic carbocycles. The monoisotopic (exact) mass is 344 g/mol.